The van der Waals surface area contributed by atoms with E-state index in [1.807, 2.05) is 0 Å². The average Bonchev–Trinajstić information content (AvgIpc) is 2.93. The first-order valence-electron chi connectivity index (χ1n) is 7.18. The zero-order valence-corrected chi connectivity index (χ0v) is 11.4. The molecule has 4 heteroatoms. The van der Waals surface area contributed by atoms with Gasteiger partial charge in [0.15, 0.2) is 0 Å². The first-order chi connectivity index (χ1) is 8.79. The summed E-state index contributed by atoms with van der Waals surface area (Å²) in [6.45, 7) is 3.24. The van der Waals surface area contributed by atoms with Crippen LogP contribution < -0.4 is 0 Å². The molecule has 0 aromatic carbocycles. The van der Waals surface area contributed by atoms with E-state index in [0.29, 0.717) is 18.5 Å². The molecule has 2 aliphatic rings. The lowest BCUT2D eigenvalue weighted by atomic mass is 9.98. The van der Waals surface area contributed by atoms with Gasteiger partial charge in [-0.1, -0.05) is 12.8 Å². The Bertz CT molecular complexity index is 258. The van der Waals surface area contributed by atoms with Gasteiger partial charge in [0.1, 0.15) is 0 Å². The van der Waals surface area contributed by atoms with Crippen molar-refractivity contribution in [3.63, 3.8) is 0 Å². The molecule has 1 aliphatic carbocycles. The fraction of sp³-hybridized carbons (Fsp3) is 0.929. The number of nitrogens with zero attached hydrogens (tertiary/aromatic N) is 1. The van der Waals surface area contributed by atoms with E-state index in [1.165, 1.54) is 32.8 Å². The Kier molecular flexibility index (Phi) is 5.45. The maximum atomic E-state index is 11.5. The Morgan fingerprint density at radius 2 is 1.89 bits per heavy atom. The van der Waals surface area contributed by atoms with E-state index >= 15 is 0 Å². The third kappa shape index (κ3) is 3.95. The van der Waals surface area contributed by atoms with Gasteiger partial charge in [0.2, 0.25) is 0 Å². The molecule has 0 atom stereocenters. The summed E-state index contributed by atoms with van der Waals surface area (Å²) in [7, 11) is 1.48. The van der Waals surface area contributed by atoms with Gasteiger partial charge in [0, 0.05) is 25.8 Å². The first kappa shape index (κ1) is 13.8. The summed E-state index contributed by atoms with van der Waals surface area (Å²) >= 11 is 0. The number of rotatable bonds is 5. The van der Waals surface area contributed by atoms with Crippen LogP contribution in [0.15, 0.2) is 0 Å². The van der Waals surface area contributed by atoms with Crippen LogP contribution >= 0.6 is 0 Å². The third-order valence-corrected chi connectivity index (χ3v) is 4.23. The number of carbonyl (C=O) groups is 1. The van der Waals surface area contributed by atoms with Gasteiger partial charge in [-0.2, -0.15) is 0 Å². The first-order valence-corrected chi connectivity index (χ1v) is 7.18. The molecule has 0 aromatic rings. The molecule has 104 valence electrons. The number of methoxy groups -OCH3 is 1. The largest absolute Gasteiger partial charge is 0.468 e. The maximum absolute atomic E-state index is 11.5. The monoisotopic (exact) mass is 255 g/mol. The molecule has 0 amide bonds. The minimum Gasteiger partial charge on any atom is -0.468 e. The highest BCUT2D eigenvalue weighted by Crippen LogP contribution is 2.26. The van der Waals surface area contributed by atoms with Crippen LogP contribution in [-0.4, -0.2) is 50.3 Å². The Balaban J connectivity index is 1.87. The lowest BCUT2D eigenvalue weighted by Gasteiger charge is -2.33. The van der Waals surface area contributed by atoms with E-state index in [9.17, 15) is 4.79 Å². The zero-order chi connectivity index (χ0) is 12.8. The van der Waals surface area contributed by atoms with Crippen molar-refractivity contribution >= 4 is 5.97 Å². The molecule has 0 aromatic heterocycles. The molecule has 2 rings (SSSR count). The van der Waals surface area contributed by atoms with Crippen molar-refractivity contribution in [3.8, 4) is 0 Å². The molecule has 0 bridgehead atoms. The number of carbonyl (C=O) groups excluding carboxylic acids is 1. The molecule has 1 heterocycles. The van der Waals surface area contributed by atoms with Crippen molar-refractivity contribution in [1.82, 2.24) is 4.90 Å². The van der Waals surface area contributed by atoms with Gasteiger partial charge in [0.25, 0.3) is 0 Å². The van der Waals surface area contributed by atoms with Gasteiger partial charge in [-0.25, -0.2) is 0 Å². The van der Waals surface area contributed by atoms with Crippen LogP contribution in [0.3, 0.4) is 0 Å². The molecular formula is C14H25NO3. The molecule has 1 saturated heterocycles. The molecule has 2 fully saturated rings. The van der Waals surface area contributed by atoms with E-state index in [4.69, 9.17) is 9.47 Å². The number of hydrogen-bond acceptors (Lipinski definition) is 4. The summed E-state index contributed by atoms with van der Waals surface area (Å²) in [6, 6.07) is 0.590. The molecule has 0 spiro atoms. The summed E-state index contributed by atoms with van der Waals surface area (Å²) in [5, 5.41) is 0. The van der Waals surface area contributed by atoms with Gasteiger partial charge in [-0.15, -0.1) is 0 Å². The van der Waals surface area contributed by atoms with Gasteiger partial charge in [-0.3, -0.25) is 9.69 Å². The Hall–Kier alpha value is -0.610. The second-order valence-electron chi connectivity index (χ2n) is 5.50. The van der Waals surface area contributed by atoms with Crippen LogP contribution in [0.1, 0.15) is 38.5 Å². The van der Waals surface area contributed by atoms with Crippen LogP contribution in [0.5, 0.6) is 0 Å². The van der Waals surface area contributed by atoms with Crippen LogP contribution in [0.4, 0.5) is 0 Å². The zero-order valence-electron chi connectivity index (χ0n) is 11.4. The molecule has 0 unspecified atom stereocenters. The van der Waals surface area contributed by atoms with Crippen LogP contribution in [0.25, 0.3) is 0 Å². The third-order valence-electron chi connectivity index (χ3n) is 4.23. The highest BCUT2D eigenvalue weighted by Gasteiger charge is 2.27. The smallest absolute Gasteiger partial charge is 0.319 e. The van der Waals surface area contributed by atoms with Crippen LogP contribution in [0, 0.1) is 5.92 Å². The summed E-state index contributed by atoms with van der Waals surface area (Å²) in [5.74, 6) is 0.581. The summed E-state index contributed by atoms with van der Waals surface area (Å²) in [6.07, 6.45) is 7.33. The van der Waals surface area contributed by atoms with Crippen molar-refractivity contribution in [1.29, 1.82) is 0 Å². The molecular weight excluding hydrogens is 230 g/mol. The second-order valence-corrected chi connectivity index (χ2v) is 5.50. The fourth-order valence-corrected chi connectivity index (χ4v) is 3.10. The SMILES string of the molecule is COC(=O)CN(CC1CCOCC1)C1CCCC1. The maximum Gasteiger partial charge on any atom is 0.319 e. The number of esters is 1. The molecule has 4 nitrogen and oxygen atoms in total. The van der Waals surface area contributed by atoms with E-state index in [1.54, 1.807) is 0 Å². The lowest BCUT2D eigenvalue weighted by molar-refractivity contribution is -0.142. The molecule has 0 N–H and O–H groups in total. The van der Waals surface area contributed by atoms with Gasteiger partial charge >= 0.3 is 5.97 Å². The van der Waals surface area contributed by atoms with Crippen molar-refractivity contribution in [2.45, 2.75) is 44.6 Å². The van der Waals surface area contributed by atoms with Crippen LogP contribution in [0.2, 0.25) is 0 Å². The van der Waals surface area contributed by atoms with Crippen molar-refractivity contribution in [2.24, 2.45) is 5.92 Å². The van der Waals surface area contributed by atoms with Crippen LogP contribution in [-0.2, 0) is 14.3 Å². The van der Waals surface area contributed by atoms with Gasteiger partial charge < -0.3 is 9.47 Å². The van der Waals surface area contributed by atoms with Crippen molar-refractivity contribution in [2.75, 3.05) is 33.4 Å². The van der Waals surface area contributed by atoms with E-state index in [0.717, 1.165) is 32.6 Å². The standard InChI is InChI=1S/C14H25NO3/c1-17-14(16)11-15(13-4-2-3-5-13)10-12-6-8-18-9-7-12/h12-13H,2-11H2,1H3. The minimum atomic E-state index is -0.103. The van der Waals surface area contributed by atoms with Crippen molar-refractivity contribution < 1.29 is 14.3 Å². The minimum absolute atomic E-state index is 0.103. The highest BCUT2D eigenvalue weighted by atomic mass is 16.5. The van der Waals surface area contributed by atoms with E-state index in [2.05, 4.69) is 4.90 Å². The predicted molar refractivity (Wildman–Crippen MR) is 69.4 cm³/mol. The Morgan fingerprint density at radius 3 is 2.50 bits per heavy atom. The lowest BCUT2D eigenvalue weighted by Crippen LogP contribution is -2.42. The fourth-order valence-electron chi connectivity index (χ4n) is 3.10. The molecule has 1 aliphatic heterocycles. The topological polar surface area (TPSA) is 38.8 Å². The molecule has 1 saturated carbocycles. The summed E-state index contributed by atoms with van der Waals surface area (Å²) < 4.78 is 10.2. The highest BCUT2D eigenvalue weighted by molar-refractivity contribution is 5.71. The van der Waals surface area contributed by atoms with Gasteiger partial charge in [-0.05, 0) is 31.6 Å². The Labute approximate surface area is 110 Å². The number of hydrogen-bond donors (Lipinski definition) is 0. The molecule has 0 radical (unpaired) electrons. The quantitative estimate of drug-likeness (QED) is 0.703. The predicted octanol–water partition coefficient (Wildman–Crippen LogP) is 1.83. The van der Waals surface area contributed by atoms with Crippen molar-refractivity contribution in [3.05, 3.63) is 0 Å². The normalized spacial score (nSPS) is 22.6. The summed E-state index contributed by atoms with van der Waals surface area (Å²) in [5.41, 5.74) is 0. The Morgan fingerprint density at radius 1 is 1.22 bits per heavy atom. The van der Waals surface area contributed by atoms with E-state index < -0.39 is 0 Å². The van der Waals surface area contributed by atoms with E-state index in [-0.39, 0.29) is 5.97 Å². The molecule has 18 heavy (non-hydrogen) atoms. The second kappa shape index (κ2) is 7.10. The number of ether oxygens (including phenoxy) is 2. The average molecular weight is 255 g/mol. The van der Waals surface area contributed by atoms with Gasteiger partial charge in [0.05, 0.1) is 13.7 Å². The summed E-state index contributed by atoms with van der Waals surface area (Å²) in [4.78, 5) is 13.9.